The van der Waals surface area contributed by atoms with Crippen LogP contribution in [0.3, 0.4) is 0 Å². The zero-order valence-corrected chi connectivity index (χ0v) is 12.4. The molecule has 2 nitrogen and oxygen atoms in total. The van der Waals surface area contributed by atoms with Gasteiger partial charge in [0, 0.05) is 27.8 Å². The lowest BCUT2D eigenvalue weighted by atomic mass is 10.1. The first-order valence-electron chi connectivity index (χ1n) is 6.63. The van der Waals surface area contributed by atoms with Crippen molar-refractivity contribution in [3.8, 4) is 0 Å². The van der Waals surface area contributed by atoms with Crippen molar-refractivity contribution in [2.24, 2.45) is 5.92 Å². The molecule has 0 spiro atoms. The van der Waals surface area contributed by atoms with Gasteiger partial charge in [0.05, 0.1) is 0 Å². The van der Waals surface area contributed by atoms with E-state index in [1.54, 1.807) is 0 Å². The van der Waals surface area contributed by atoms with Crippen LogP contribution in [0.15, 0.2) is 0 Å². The van der Waals surface area contributed by atoms with E-state index in [4.69, 9.17) is 0 Å². The Labute approximate surface area is 104 Å². The van der Waals surface area contributed by atoms with Gasteiger partial charge in [-0.1, -0.05) is 41.0 Å². The lowest BCUT2D eigenvalue weighted by molar-refractivity contribution is 0.506. The Morgan fingerprint density at radius 1 is 1.12 bits per heavy atom. The second kappa shape index (κ2) is 9.17. The van der Waals surface area contributed by atoms with Crippen molar-refractivity contribution in [3.05, 3.63) is 0 Å². The first-order valence-corrected chi connectivity index (χ1v) is 8.01. The standard InChI is InChI=1S/C13H29NOS/c1-6-8-13(14-9-7-2)10-16(15)12(5)11(3)4/h11-14H,6-10H2,1-5H3. The molecule has 3 atom stereocenters. The summed E-state index contributed by atoms with van der Waals surface area (Å²) in [6.07, 6.45) is 3.44. The number of hydrogen-bond donors (Lipinski definition) is 1. The van der Waals surface area contributed by atoms with Gasteiger partial charge in [0.2, 0.25) is 0 Å². The fourth-order valence-corrected chi connectivity index (χ4v) is 3.19. The molecule has 1 N–H and O–H groups in total. The predicted octanol–water partition coefficient (Wildman–Crippen LogP) is 2.95. The zero-order valence-electron chi connectivity index (χ0n) is 11.6. The molecule has 0 aliphatic rings. The minimum Gasteiger partial charge on any atom is -0.313 e. The van der Waals surface area contributed by atoms with Crippen LogP contribution in [0, 0.1) is 5.92 Å². The molecule has 0 aliphatic heterocycles. The van der Waals surface area contributed by atoms with Gasteiger partial charge >= 0.3 is 0 Å². The van der Waals surface area contributed by atoms with Gasteiger partial charge in [-0.2, -0.15) is 0 Å². The summed E-state index contributed by atoms with van der Waals surface area (Å²) >= 11 is 0. The van der Waals surface area contributed by atoms with Gasteiger partial charge in [0.15, 0.2) is 0 Å². The summed E-state index contributed by atoms with van der Waals surface area (Å²) in [4.78, 5) is 0. The molecule has 0 amide bonds. The molecule has 0 aromatic heterocycles. The van der Waals surface area contributed by atoms with Crippen molar-refractivity contribution in [1.29, 1.82) is 0 Å². The van der Waals surface area contributed by atoms with Gasteiger partial charge in [-0.05, 0) is 25.3 Å². The summed E-state index contributed by atoms with van der Waals surface area (Å²) in [6, 6.07) is 0.437. The molecule has 98 valence electrons. The molecule has 0 rings (SSSR count). The molecule has 3 heteroatoms. The average molecular weight is 247 g/mol. The summed E-state index contributed by atoms with van der Waals surface area (Å²) < 4.78 is 12.1. The quantitative estimate of drug-likeness (QED) is 0.679. The van der Waals surface area contributed by atoms with Crippen molar-refractivity contribution in [3.63, 3.8) is 0 Å². The summed E-state index contributed by atoms with van der Waals surface area (Å²) in [5, 5.41) is 3.81. The maximum atomic E-state index is 12.1. The topological polar surface area (TPSA) is 29.1 Å². The molecule has 0 aliphatic carbocycles. The Morgan fingerprint density at radius 2 is 1.75 bits per heavy atom. The van der Waals surface area contributed by atoms with E-state index in [9.17, 15) is 4.21 Å². The SMILES string of the molecule is CCCNC(CCC)CS(=O)C(C)C(C)C. The summed E-state index contributed by atoms with van der Waals surface area (Å²) in [6.45, 7) is 11.8. The molecule has 0 saturated carbocycles. The highest BCUT2D eigenvalue weighted by molar-refractivity contribution is 7.85. The van der Waals surface area contributed by atoms with Crippen LogP contribution in [0.5, 0.6) is 0 Å². The summed E-state index contributed by atoms with van der Waals surface area (Å²) in [5.41, 5.74) is 0. The third kappa shape index (κ3) is 6.64. The van der Waals surface area contributed by atoms with Crippen molar-refractivity contribution in [1.82, 2.24) is 5.32 Å². The molecular weight excluding hydrogens is 218 g/mol. The third-order valence-corrected chi connectivity index (χ3v) is 5.14. The van der Waals surface area contributed by atoms with E-state index in [1.165, 1.54) is 0 Å². The van der Waals surface area contributed by atoms with Crippen LogP contribution in [0.1, 0.15) is 53.9 Å². The Bertz CT molecular complexity index is 194. The molecule has 0 fully saturated rings. The molecule has 0 aromatic rings. The normalized spacial score (nSPS) is 17.4. The van der Waals surface area contributed by atoms with E-state index in [-0.39, 0.29) is 0 Å². The highest BCUT2D eigenvalue weighted by Gasteiger charge is 2.18. The largest absolute Gasteiger partial charge is 0.313 e. The van der Waals surface area contributed by atoms with Crippen molar-refractivity contribution in [2.75, 3.05) is 12.3 Å². The van der Waals surface area contributed by atoms with Crippen LogP contribution in [0.4, 0.5) is 0 Å². The summed E-state index contributed by atoms with van der Waals surface area (Å²) in [5.74, 6) is 1.32. The molecule has 16 heavy (non-hydrogen) atoms. The van der Waals surface area contributed by atoms with Crippen molar-refractivity contribution < 1.29 is 4.21 Å². The van der Waals surface area contributed by atoms with E-state index in [2.05, 4.69) is 39.9 Å². The Kier molecular flexibility index (Phi) is 9.24. The molecular formula is C13H29NOS. The van der Waals surface area contributed by atoms with Gasteiger partial charge in [-0.25, -0.2) is 0 Å². The highest BCUT2D eigenvalue weighted by Crippen LogP contribution is 2.11. The van der Waals surface area contributed by atoms with Gasteiger partial charge in [0.25, 0.3) is 0 Å². The van der Waals surface area contributed by atoms with Crippen LogP contribution < -0.4 is 5.32 Å². The Balaban J connectivity index is 4.11. The van der Waals surface area contributed by atoms with Crippen LogP contribution in [-0.2, 0) is 10.8 Å². The predicted molar refractivity (Wildman–Crippen MR) is 74.3 cm³/mol. The second-order valence-electron chi connectivity index (χ2n) is 4.94. The second-order valence-corrected chi connectivity index (χ2v) is 6.77. The van der Waals surface area contributed by atoms with Crippen molar-refractivity contribution >= 4 is 10.8 Å². The lowest BCUT2D eigenvalue weighted by Gasteiger charge is -2.21. The Hall–Kier alpha value is 0.110. The minimum absolute atomic E-state index is 0.308. The number of rotatable bonds is 9. The smallest absolute Gasteiger partial charge is 0.0391 e. The molecule has 3 unspecified atom stereocenters. The zero-order chi connectivity index (χ0) is 12.6. The number of hydrogen-bond acceptors (Lipinski definition) is 2. The monoisotopic (exact) mass is 247 g/mol. The van der Waals surface area contributed by atoms with Gasteiger partial charge < -0.3 is 5.32 Å². The molecule has 0 bridgehead atoms. The van der Waals surface area contributed by atoms with Crippen LogP contribution >= 0.6 is 0 Å². The molecule has 0 radical (unpaired) electrons. The van der Waals surface area contributed by atoms with Crippen molar-refractivity contribution in [2.45, 2.75) is 65.2 Å². The van der Waals surface area contributed by atoms with Crippen LogP contribution in [0.25, 0.3) is 0 Å². The maximum Gasteiger partial charge on any atom is 0.0391 e. The van der Waals surface area contributed by atoms with Gasteiger partial charge in [0.1, 0.15) is 0 Å². The van der Waals surface area contributed by atoms with E-state index in [1.807, 2.05) is 0 Å². The van der Waals surface area contributed by atoms with Gasteiger partial charge in [-0.3, -0.25) is 4.21 Å². The first kappa shape index (κ1) is 16.1. The number of nitrogens with one attached hydrogen (secondary N) is 1. The summed E-state index contributed by atoms with van der Waals surface area (Å²) in [7, 11) is -0.692. The first-order chi connectivity index (χ1) is 7.52. The Morgan fingerprint density at radius 3 is 2.19 bits per heavy atom. The highest BCUT2D eigenvalue weighted by atomic mass is 32.2. The molecule has 0 aromatic carbocycles. The van der Waals surface area contributed by atoms with Crippen LogP contribution in [0.2, 0.25) is 0 Å². The molecule has 0 heterocycles. The lowest BCUT2D eigenvalue weighted by Crippen LogP contribution is -2.37. The fourth-order valence-electron chi connectivity index (χ4n) is 1.59. The maximum absolute atomic E-state index is 12.1. The molecule has 0 saturated heterocycles. The average Bonchev–Trinajstić information content (AvgIpc) is 2.24. The third-order valence-electron chi connectivity index (χ3n) is 3.04. The minimum atomic E-state index is -0.692. The van der Waals surface area contributed by atoms with E-state index < -0.39 is 10.8 Å². The van der Waals surface area contributed by atoms with Crippen LogP contribution in [-0.4, -0.2) is 27.8 Å². The van der Waals surface area contributed by atoms with E-state index in [0.717, 1.165) is 31.6 Å². The fraction of sp³-hybridized carbons (Fsp3) is 1.00. The van der Waals surface area contributed by atoms with E-state index >= 15 is 0 Å². The van der Waals surface area contributed by atoms with Gasteiger partial charge in [-0.15, -0.1) is 0 Å². The van der Waals surface area contributed by atoms with E-state index in [0.29, 0.717) is 17.2 Å².